The summed E-state index contributed by atoms with van der Waals surface area (Å²) in [6, 6.07) is 1.48. The Labute approximate surface area is 110 Å². The van der Waals surface area contributed by atoms with Crippen LogP contribution in [0, 0.1) is 7.27 Å². The van der Waals surface area contributed by atoms with Crippen molar-refractivity contribution in [3.8, 4) is 0 Å². The Hall–Kier alpha value is 0.950. The van der Waals surface area contributed by atoms with Gasteiger partial charge in [0.05, 0.1) is 11.3 Å². The Kier molecular flexibility index (Phi) is 4.76. The maximum Gasteiger partial charge on any atom is 0.266 e. The second kappa shape index (κ2) is 5.15. The van der Waals surface area contributed by atoms with Gasteiger partial charge in [-0.3, -0.25) is 0 Å². The zero-order valence-electron chi connectivity index (χ0n) is 6.20. The zero-order chi connectivity index (χ0) is 10.0. The maximum atomic E-state index is 12.4. The number of aromatic nitrogens is 1. The van der Waals surface area contributed by atoms with Crippen LogP contribution in [0.4, 0.5) is 8.78 Å². The molecule has 6 heteroatoms. The molecule has 1 heterocycles. The molecule has 0 bridgehead atoms. The van der Waals surface area contributed by atoms with Crippen molar-refractivity contribution in [2.24, 2.45) is 0 Å². The molecule has 0 fully saturated rings. The van der Waals surface area contributed by atoms with Crippen molar-refractivity contribution in [1.29, 1.82) is 0 Å². The van der Waals surface area contributed by atoms with Crippen LogP contribution in [0.25, 0.3) is 0 Å². The van der Waals surface area contributed by atoms with Crippen molar-refractivity contribution >= 4 is 61.1 Å². The smallest absolute Gasteiger partial charge is 0.244 e. The number of hydrogen-bond donors (Lipinski definition) is 0. The summed E-state index contributed by atoms with van der Waals surface area (Å²) in [5, 5.41) is 0.588. The fourth-order valence-electron chi connectivity index (χ4n) is 0.763. The molecular weight excluding hydrogens is 470 g/mol. The third-order valence-electron chi connectivity index (χ3n) is 1.39. The van der Waals surface area contributed by atoms with E-state index in [1.165, 1.54) is 6.07 Å². The molecular formula is C7H4BrF2I2N. The average molecular weight is 474 g/mol. The molecule has 1 rings (SSSR count). The number of pyridine rings is 1. The van der Waals surface area contributed by atoms with E-state index in [0.29, 0.717) is 9.03 Å². The minimum absolute atomic E-state index is 0.00898. The van der Waals surface area contributed by atoms with Crippen LogP contribution in [0.1, 0.15) is 17.7 Å². The first-order valence-electron chi connectivity index (χ1n) is 3.25. The standard InChI is InChI=1S/C7H4BrF2I2N/c8-2-5-4(11)1-3(6(9)10)7(12)13-5/h1,6H,2H2. The second-order valence-electron chi connectivity index (χ2n) is 2.23. The fourth-order valence-corrected chi connectivity index (χ4v) is 3.04. The molecule has 1 aromatic rings. The second-order valence-corrected chi connectivity index (χ2v) is 4.98. The van der Waals surface area contributed by atoms with Gasteiger partial charge in [-0.1, -0.05) is 15.9 Å². The molecule has 0 spiro atoms. The topological polar surface area (TPSA) is 12.9 Å². The lowest BCUT2D eigenvalue weighted by atomic mass is 10.3. The summed E-state index contributed by atoms with van der Waals surface area (Å²) in [5.74, 6) is 0. The van der Waals surface area contributed by atoms with Gasteiger partial charge < -0.3 is 0 Å². The summed E-state index contributed by atoms with van der Waals surface area (Å²) in [6.07, 6.45) is -2.45. The summed E-state index contributed by atoms with van der Waals surface area (Å²) in [6.45, 7) is 0. The van der Waals surface area contributed by atoms with E-state index in [-0.39, 0.29) is 5.56 Å². The molecule has 0 unspecified atom stereocenters. The minimum atomic E-state index is -2.45. The summed E-state index contributed by atoms with van der Waals surface area (Å²) < 4.78 is 25.9. The Morgan fingerprint density at radius 3 is 2.54 bits per heavy atom. The molecule has 0 saturated carbocycles. The van der Waals surface area contributed by atoms with Crippen molar-refractivity contribution in [2.75, 3.05) is 0 Å². The molecule has 0 aliphatic carbocycles. The van der Waals surface area contributed by atoms with Gasteiger partial charge in [0.1, 0.15) is 3.70 Å². The summed E-state index contributed by atoms with van der Waals surface area (Å²) >= 11 is 7.08. The highest BCUT2D eigenvalue weighted by Crippen LogP contribution is 2.26. The molecule has 0 amide bonds. The van der Waals surface area contributed by atoms with Crippen molar-refractivity contribution < 1.29 is 8.78 Å². The van der Waals surface area contributed by atoms with Crippen molar-refractivity contribution in [3.63, 3.8) is 0 Å². The van der Waals surface area contributed by atoms with Crippen molar-refractivity contribution in [3.05, 3.63) is 24.6 Å². The van der Waals surface area contributed by atoms with E-state index < -0.39 is 6.43 Å². The summed E-state index contributed by atoms with van der Waals surface area (Å²) in [7, 11) is 0. The molecule has 0 aliphatic rings. The first-order valence-corrected chi connectivity index (χ1v) is 6.53. The summed E-state index contributed by atoms with van der Waals surface area (Å²) in [4.78, 5) is 4.06. The van der Waals surface area contributed by atoms with Gasteiger partial charge in [0, 0.05) is 8.90 Å². The highest BCUT2D eigenvalue weighted by atomic mass is 127. The van der Waals surface area contributed by atoms with Crippen molar-refractivity contribution in [1.82, 2.24) is 4.98 Å². The molecule has 72 valence electrons. The van der Waals surface area contributed by atoms with E-state index in [0.717, 1.165) is 9.26 Å². The van der Waals surface area contributed by atoms with E-state index in [1.54, 1.807) is 0 Å². The molecule has 0 N–H and O–H groups in total. The quantitative estimate of drug-likeness (QED) is 0.358. The normalized spacial score (nSPS) is 10.9. The SMILES string of the molecule is FC(F)c1cc(I)c(CBr)nc1I. The van der Waals surface area contributed by atoms with Gasteiger partial charge in [0.15, 0.2) is 0 Å². The van der Waals surface area contributed by atoms with Crippen LogP contribution in [-0.4, -0.2) is 4.98 Å². The van der Waals surface area contributed by atoms with Crippen LogP contribution in [-0.2, 0) is 5.33 Å². The average Bonchev–Trinajstić information content (AvgIpc) is 2.07. The lowest BCUT2D eigenvalue weighted by molar-refractivity contribution is 0.149. The van der Waals surface area contributed by atoms with E-state index >= 15 is 0 Å². The number of hydrogen-bond acceptors (Lipinski definition) is 1. The van der Waals surface area contributed by atoms with Crippen LogP contribution < -0.4 is 0 Å². The van der Waals surface area contributed by atoms with Crippen LogP contribution in [0.15, 0.2) is 6.07 Å². The Balaban J connectivity index is 3.20. The van der Waals surface area contributed by atoms with Crippen LogP contribution >= 0.6 is 61.1 Å². The van der Waals surface area contributed by atoms with Gasteiger partial charge in [0.2, 0.25) is 0 Å². The third kappa shape index (κ3) is 2.95. The molecule has 1 aromatic heterocycles. The van der Waals surface area contributed by atoms with Gasteiger partial charge in [-0.05, 0) is 51.2 Å². The maximum absolute atomic E-state index is 12.4. The number of halogens is 5. The van der Waals surface area contributed by atoms with Crippen molar-refractivity contribution in [2.45, 2.75) is 11.8 Å². The summed E-state index contributed by atoms with van der Waals surface area (Å²) in [5.41, 5.74) is 0.809. The van der Waals surface area contributed by atoms with Gasteiger partial charge in [-0.25, -0.2) is 13.8 Å². The van der Waals surface area contributed by atoms with E-state index in [4.69, 9.17) is 0 Å². The van der Waals surface area contributed by atoms with Crippen LogP contribution in [0.3, 0.4) is 0 Å². The molecule has 1 nitrogen and oxygen atoms in total. The van der Waals surface area contributed by atoms with Gasteiger partial charge in [-0.15, -0.1) is 0 Å². The van der Waals surface area contributed by atoms with Crippen LogP contribution in [0.5, 0.6) is 0 Å². The third-order valence-corrected chi connectivity index (χ3v) is 3.72. The van der Waals surface area contributed by atoms with E-state index in [9.17, 15) is 8.78 Å². The Bertz CT molecular complexity index is 320. The minimum Gasteiger partial charge on any atom is -0.244 e. The highest BCUT2D eigenvalue weighted by molar-refractivity contribution is 14.1. The molecule has 13 heavy (non-hydrogen) atoms. The Morgan fingerprint density at radius 2 is 2.08 bits per heavy atom. The molecule has 0 atom stereocenters. The predicted molar refractivity (Wildman–Crippen MR) is 67.3 cm³/mol. The van der Waals surface area contributed by atoms with E-state index in [2.05, 4.69) is 20.9 Å². The predicted octanol–water partition coefficient (Wildman–Crippen LogP) is 4.12. The molecule has 0 aromatic carbocycles. The molecule has 0 saturated heterocycles. The van der Waals surface area contributed by atoms with Crippen LogP contribution in [0.2, 0.25) is 0 Å². The first kappa shape index (κ1) is 12.0. The van der Waals surface area contributed by atoms with E-state index in [1.807, 2.05) is 45.2 Å². The highest BCUT2D eigenvalue weighted by Gasteiger charge is 2.15. The van der Waals surface area contributed by atoms with Gasteiger partial charge >= 0.3 is 0 Å². The lowest BCUT2D eigenvalue weighted by Crippen LogP contribution is -1.99. The lowest BCUT2D eigenvalue weighted by Gasteiger charge is -2.06. The monoisotopic (exact) mass is 473 g/mol. The zero-order valence-corrected chi connectivity index (χ0v) is 12.1. The Morgan fingerprint density at radius 1 is 1.46 bits per heavy atom. The van der Waals surface area contributed by atoms with Gasteiger partial charge in [-0.2, -0.15) is 0 Å². The largest absolute Gasteiger partial charge is 0.266 e. The fraction of sp³-hybridized carbons (Fsp3) is 0.286. The first-order chi connectivity index (χ1) is 6.06. The number of rotatable bonds is 2. The molecule has 0 radical (unpaired) electrons. The molecule has 0 aliphatic heterocycles. The number of alkyl halides is 3. The van der Waals surface area contributed by atoms with Gasteiger partial charge in [0.25, 0.3) is 6.43 Å². The number of nitrogens with zero attached hydrogens (tertiary/aromatic N) is 1.